The quantitative estimate of drug-likeness (QED) is 0.706. The Labute approximate surface area is 172 Å². The molecule has 0 aromatic carbocycles. The Hall–Kier alpha value is -3.22. The fourth-order valence-electron chi connectivity index (χ4n) is 3.27. The lowest BCUT2D eigenvalue weighted by Gasteiger charge is -2.34. The van der Waals surface area contributed by atoms with Crippen molar-refractivity contribution in [3.05, 3.63) is 47.1 Å². The van der Waals surface area contributed by atoms with Gasteiger partial charge in [0.15, 0.2) is 5.69 Å². The summed E-state index contributed by atoms with van der Waals surface area (Å²) in [5.74, 6) is 2.44. The molecular formula is C19H17ClN6O3. The van der Waals surface area contributed by atoms with Gasteiger partial charge in [0.05, 0.1) is 11.6 Å². The molecule has 2 aromatic rings. The van der Waals surface area contributed by atoms with Crippen molar-refractivity contribution in [1.82, 2.24) is 24.8 Å². The van der Waals surface area contributed by atoms with E-state index in [4.69, 9.17) is 22.8 Å². The van der Waals surface area contributed by atoms with Crippen molar-refractivity contribution in [1.29, 1.82) is 0 Å². The standard InChI is InChI=1S/C19H17ClN6O3/c1-2-7-24-8-10-25(11-9-24)19(28)29-18-16-15(21-5-6-22-16)17(27)26(18)14-4-3-13(20)12-23-14/h1,3-6,12,18H,7-11H2/t18-/m0/s1. The van der Waals surface area contributed by atoms with Gasteiger partial charge in [-0.15, -0.1) is 6.42 Å². The summed E-state index contributed by atoms with van der Waals surface area (Å²) in [6.07, 6.45) is 8.02. The third-order valence-corrected chi connectivity index (χ3v) is 4.96. The Morgan fingerprint density at radius 3 is 2.66 bits per heavy atom. The van der Waals surface area contributed by atoms with Gasteiger partial charge in [-0.2, -0.15) is 0 Å². The molecule has 10 heteroatoms. The minimum atomic E-state index is -1.06. The second kappa shape index (κ2) is 8.03. The van der Waals surface area contributed by atoms with Crippen LogP contribution < -0.4 is 4.90 Å². The number of fused-ring (bicyclic) bond motifs is 1. The highest BCUT2D eigenvalue weighted by atomic mass is 35.5. The van der Waals surface area contributed by atoms with E-state index in [1.54, 1.807) is 17.0 Å². The minimum absolute atomic E-state index is 0.126. The summed E-state index contributed by atoms with van der Waals surface area (Å²) in [5.41, 5.74) is 0.398. The monoisotopic (exact) mass is 412 g/mol. The third-order valence-electron chi connectivity index (χ3n) is 4.73. The van der Waals surface area contributed by atoms with Crippen LogP contribution in [0.15, 0.2) is 30.7 Å². The Balaban J connectivity index is 1.56. The van der Waals surface area contributed by atoms with Crippen LogP contribution in [0.5, 0.6) is 0 Å². The number of piperazine rings is 1. The van der Waals surface area contributed by atoms with Crippen molar-refractivity contribution in [2.75, 3.05) is 37.6 Å². The molecule has 1 fully saturated rings. The number of carbonyl (C=O) groups excluding carboxylic acids is 2. The van der Waals surface area contributed by atoms with Crippen LogP contribution in [0, 0.1) is 12.3 Å². The number of ether oxygens (including phenoxy) is 1. The Kier molecular flexibility index (Phi) is 5.29. The molecule has 0 aliphatic carbocycles. The molecule has 0 bridgehead atoms. The van der Waals surface area contributed by atoms with Crippen LogP contribution in [0.3, 0.4) is 0 Å². The Morgan fingerprint density at radius 2 is 1.97 bits per heavy atom. The van der Waals surface area contributed by atoms with Crippen LogP contribution >= 0.6 is 11.6 Å². The molecular weight excluding hydrogens is 396 g/mol. The van der Waals surface area contributed by atoms with Crippen molar-refractivity contribution in [2.24, 2.45) is 0 Å². The largest absolute Gasteiger partial charge is 0.419 e. The molecule has 0 unspecified atom stereocenters. The molecule has 148 valence electrons. The summed E-state index contributed by atoms with van der Waals surface area (Å²) in [4.78, 5) is 43.1. The van der Waals surface area contributed by atoms with E-state index in [0.29, 0.717) is 37.7 Å². The highest BCUT2D eigenvalue weighted by Gasteiger charge is 2.44. The van der Waals surface area contributed by atoms with E-state index in [9.17, 15) is 9.59 Å². The molecule has 2 aliphatic heterocycles. The van der Waals surface area contributed by atoms with Gasteiger partial charge in [-0.1, -0.05) is 17.5 Å². The third kappa shape index (κ3) is 3.72. The van der Waals surface area contributed by atoms with Crippen LogP contribution in [-0.2, 0) is 4.74 Å². The number of hydrogen-bond acceptors (Lipinski definition) is 7. The van der Waals surface area contributed by atoms with E-state index in [1.165, 1.54) is 23.5 Å². The van der Waals surface area contributed by atoms with Gasteiger partial charge in [0.2, 0.25) is 6.23 Å². The molecule has 9 nitrogen and oxygen atoms in total. The lowest BCUT2D eigenvalue weighted by atomic mass is 10.3. The molecule has 2 aromatic heterocycles. The fraction of sp³-hybridized carbons (Fsp3) is 0.316. The summed E-state index contributed by atoms with van der Waals surface area (Å²) < 4.78 is 5.70. The van der Waals surface area contributed by atoms with Crippen LogP contribution in [0.2, 0.25) is 5.02 Å². The van der Waals surface area contributed by atoms with Gasteiger partial charge in [-0.3, -0.25) is 14.7 Å². The van der Waals surface area contributed by atoms with E-state index in [2.05, 4.69) is 25.8 Å². The number of pyridine rings is 1. The van der Waals surface area contributed by atoms with Gasteiger partial charge >= 0.3 is 6.09 Å². The zero-order valence-corrected chi connectivity index (χ0v) is 16.1. The van der Waals surface area contributed by atoms with E-state index in [1.807, 2.05) is 0 Å². The van der Waals surface area contributed by atoms with Crippen molar-refractivity contribution in [3.8, 4) is 12.3 Å². The van der Waals surface area contributed by atoms with Gasteiger partial charge in [-0.25, -0.2) is 19.7 Å². The lowest BCUT2D eigenvalue weighted by molar-refractivity contribution is 0.0463. The number of carbonyl (C=O) groups is 2. The predicted octanol–water partition coefficient (Wildman–Crippen LogP) is 1.57. The highest BCUT2D eigenvalue weighted by Crippen LogP contribution is 2.35. The maximum atomic E-state index is 12.9. The average Bonchev–Trinajstić information content (AvgIpc) is 3.01. The van der Waals surface area contributed by atoms with E-state index < -0.39 is 18.2 Å². The van der Waals surface area contributed by atoms with Crippen molar-refractivity contribution in [2.45, 2.75) is 6.23 Å². The molecule has 0 spiro atoms. The molecule has 1 saturated heterocycles. The zero-order chi connectivity index (χ0) is 20.4. The van der Waals surface area contributed by atoms with Crippen molar-refractivity contribution >= 4 is 29.4 Å². The molecule has 4 heterocycles. The van der Waals surface area contributed by atoms with Gasteiger partial charge in [0.1, 0.15) is 11.5 Å². The normalized spacial score (nSPS) is 19.0. The first kappa shape index (κ1) is 19.1. The first-order valence-electron chi connectivity index (χ1n) is 8.96. The summed E-state index contributed by atoms with van der Waals surface area (Å²) in [6.45, 7) is 2.81. The lowest BCUT2D eigenvalue weighted by Crippen LogP contribution is -2.49. The van der Waals surface area contributed by atoms with E-state index in [0.717, 1.165) is 0 Å². The number of hydrogen-bond donors (Lipinski definition) is 0. The first-order chi connectivity index (χ1) is 14.1. The van der Waals surface area contributed by atoms with Gasteiger partial charge < -0.3 is 9.64 Å². The fourth-order valence-corrected chi connectivity index (χ4v) is 3.38. The summed E-state index contributed by atoms with van der Waals surface area (Å²) in [5, 5.41) is 0.424. The number of amides is 2. The summed E-state index contributed by atoms with van der Waals surface area (Å²) >= 11 is 5.90. The number of anilines is 1. The number of rotatable bonds is 3. The molecule has 0 N–H and O–H groups in total. The number of halogens is 1. The van der Waals surface area contributed by atoms with Crippen LogP contribution in [-0.4, -0.2) is 69.5 Å². The van der Waals surface area contributed by atoms with Gasteiger partial charge in [0, 0.05) is 44.8 Å². The summed E-state index contributed by atoms with van der Waals surface area (Å²) in [7, 11) is 0. The SMILES string of the molecule is C#CCN1CCN(C(=O)O[C@H]2c3nccnc3C(=O)N2c2ccc(Cl)cn2)CC1. The van der Waals surface area contributed by atoms with E-state index in [-0.39, 0.29) is 17.2 Å². The second-order valence-electron chi connectivity index (χ2n) is 6.50. The molecule has 29 heavy (non-hydrogen) atoms. The average molecular weight is 413 g/mol. The number of terminal acetylenes is 1. The Bertz CT molecular complexity index is 969. The zero-order valence-electron chi connectivity index (χ0n) is 15.4. The van der Waals surface area contributed by atoms with Crippen LogP contribution in [0.25, 0.3) is 0 Å². The smallest absolute Gasteiger partial charge is 0.412 e. The number of aromatic nitrogens is 3. The van der Waals surface area contributed by atoms with Gasteiger partial charge in [-0.05, 0) is 12.1 Å². The highest BCUT2D eigenvalue weighted by molar-refractivity contribution is 6.30. The minimum Gasteiger partial charge on any atom is -0.419 e. The van der Waals surface area contributed by atoms with Crippen molar-refractivity contribution < 1.29 is 14.3 Å². The number of nitrogens with zero attached hydrogens (tertiary/aromatic N) is 6. The second-order valence-corrected chi connectivity index (χ2v) is 6.94. The van der Waals surface area contributed by atoms with Crippen molar-refractivity contribution in [3.63, 3.8) is 0 Å². The summed E-state index contributed by atoms with van der Waals surface area (Å²) in [6, 6.07) is 3.18. The predicted molar refractivity (Wildman–Crippen MR) is 104 cm³/mol. The molecule has 2 amide bonds. The first-order valence-corrected chi connectivity index (χ1v) is 9.33. The van der Waals surface area contributed by atoms with Gasteiger partial charge in [0.25, 0.3) is 5.91 Å². The van der Waals surface area contributed by atoms with E-state index >= 15 is 0 Å². The van der Waals surface area contributed by atoms with Crippen LogP contribution in [0.4, 0.5) is 10.6 Å². The molecule has 0 radical (unpaired) electrons. The maximum Gasteiger partial charge on any atom is 0.412 e. The molecule has 0 saturated carbocycles. The Morgan fingerprint density at radius 1 is 1.21 bits per heavy atom. The molecule has 4 rings (SSSR count). The maximum absolute atomic E-state index is 12.9. The molecule has 2 aliphatic rings. The molecule has 1 atom stereocenters. The van der Waals surface area contributed by atoms with Crippen LogP contribution in [0.1, 0.15) is 22.4 Å². The topological polar surface area (TPSA) is 91.8 Å².